The molecular weight excluding hydrogens is 304 g/mol. The molecule has 2 rings (SSSR count). The van der Waals surface area contributed by atoms with Crippen LogP contribution in [0.2, 0.25) is 0 Å². The van der Waals surface area contributed by atoms with Gasteiger partial charge in [0.05, 0.1) is 18.8 Å². The molecule has 1 N–H and O–H groups in total. The molecule has 0 spiro atoms. The maximum Gasteiger partial charge on any atom is 0.243 e. The first-order valence-corrected chi connectivity index (χ1v) is 8.61. The molecule has 1 aliphatic rings. The van der Waals surface area contributed by atoms with Gasteiger partial charge in [-0.15, -0.1) is 0 Å². The Balaban J connectivity index is 1.78. The number of aryl methyl sites for hydroxylation is 2. The van der Waals surface area contributed by atoms with Crippen molar-refractivity contribution in [2.45, 2.75) is 58.7 Å². The number of likely N-dealkylation sites (N-methyl/N-ethyl adjacent to an activating group) is 1. The molecule has 1 saturated heterocycles. The van der Waals surface area contributed by atoms with E-state index < -0.39 is 0 Å². The van der Waals surface area contributed by atoms with E-state index in [0.29, 0.717) is 12.5 Å². The monoisotopic (exact) mass is 332 g/mol. The lowest BCUT2D eigenvalue weighted by Crippen LogP contribution is -2.35. The van der Waals surface area contributed by atoms with Crippen molar-refractivity contribution >= 4 is 17.5 Å². The fourth-order valence-corrected chi connectivity index (χ4v) is 2.94. The normalized spacial score (nSPS) is 20.0. The van der Waals surface area contributed by atoms with Crippen LogP contribution >= 0.6 is 0 Å². The highest BCUT2D eigenvalue weighted by Gasteiger charge is 2.23. The van der Waals surface area contributed by atoms with Crippen LogP contribution in [-0.4, -0.2) is 42.5 Å². The summed E-state index contributed by atoms with van der Waals surface area (Å²) in [4.78, 5) is 25.8. The van der Waals surface area contributed by atoms with Gasteiger partial charge in [-0.25, -0.2) is 0 Å². The summed E-state index contributed by atoms with van der Waals surface area (Å²) in [7, 11) is 1.67. The molecule has 0 aromatic heterocycles. The summed E-state index contributed by atoms with van der Waals surface area (Å²) in [6, 6.07) is 5.92. The predicted octanol–water partition coefficient (Wildman–Crippen LogP) is 3.05. The van der Waals surface area contributed by atoms with E-state index in [1.807, 2.05) is 32.0 Å². The average molecular weight is 332 g/mol. The molecule has 1 aromatic rings. The molecule has 24 heavy (non-hydrogen) atoms. The topological polar surface area (TPSA) is 58.6 Å². The van der Waals surface area contributed by atoms with Crippen LogP contribution < -0.4 is 5.32 Å². The third-order valence-corrected chi connectivity index (χ3v) is 4.47. The lowest BCUT2D eigenvalue weighted by Gasteiger charge is -2.18. The molecule has 0 saturated carbocycles. The molecule has 2 amide bonds. The van der Waals surface area contributed by atoms with Gasteiger partial charge < -0.3 is 15.0 Å². The lowest BCUT2D eigenvalue weighted by atomic mass is 10.1. The van der Waals surface area contributed by atoms with Gasteiger partial charge in [-0.05, 0) is 57.2 Å². The van der Waals surface area contributed by atoms with Crippen LogP contribution in [0.3, 0.4) is 0 Å². The Kier molecular flexibility index (Phi) is 6.37. The van der Waals surface area contributed by atoms with Crippen LogP contribution in [-0.2, 0) is 14.3 Å². The molecule has 0 radical (unpaired) electrons. The molecule has 0 bridgehead atoms. The Labute approximate surface area is 144 Å². The third-order valence-electron chi connectivity index (χ3n) is 4.47. The van der Waals surface area contributed by atoms with Crippen LogP contribution in [0.4, 0.5) is 5.69 Å². The number of amides is 2. The van der Waals surface area contributed by atoms with E-state index >= 15 is 0 Å². The molecule has 1 heterocycles. The zero-order chi connectivity index (χ0) is 17.7. The standard InChI is InChI=1S/C19H28N2O3/c1-13-5-6-14(2)17(11-13)20-18(22)12-21(4)19(23)10-9-16-8-7-15(3)24-16/h5-6,11,15-16H,7-10,12H2,1-4H3,(H,20,22)/t15-,16-/m1/s1. The minimum atomic E-state index is -0.176. The average Bonchev–Trinajstić information content (AvgIpc) is 2.94. The molecule has 0 unspecified atom stereocenters. The van der Waals surface area contributed by atoms with Crippen molar-refractivity contribution in [1.29, 1.82) is 0 Å². The SMILES string of the molecule is Cc1ccc(C)c(NC(=O)CN(C)C(=O)CC[C@H]2CC[C@@H](C)O2)c1. The molecule has 5 nitrogen and oxygen atoms in total. The van der Waals surface area contributed by atoms with Gasteiger partial charge in [0.2, 0.25) is 11.8 Å². The van der Waals surface area contributed by atoms with Crippen molar-refractivity contribution in [3.05, 3.63) is 29.3 Å². The minimum absolute atomic E-state index is 0.0192. The molecular formula is C19H28N2O3. The van der Waals surface area contributed by atoms with Gasteiger partial charge in [0.15, 0.2) is 0 Å². The minimum Gasteiger partial charge on any atom is -0.375 e. The number of rotatable bonds is 6. The van der Waals surface area contributed by atoms with E-state index in [2.05, 4.69) is 12.2 Å². The fraction of sp³-hybridized carbons (Fsp3) is 0.579. The van der Waals surface area contributed by atoms with Crippen molar-refractivity contribution in [2.75, 3.05) is 18.9 Å². The lowest BCUT2D eigenvalue weighted by molar-refractivity contribution is -0.133. The van der Waals surface area contributed by atoms with E-state index in [9.17, 15) is 9.59 Å². The van der Waals surface area contributed by atoms with Gasteiger partial charge in [0, 0.05) is 19.2 Å². The smallest absolute Gasteiger partial charge is 0.243 e. The first kappa shape index (κ1) is 18.5. The van der Waals surface area contributed by atoms with Gasteiger partial charge in [0.1, 0.15) is 0 Å². The first-order valence-electron chi connectivity index (χ1n) is 8.61. The number of carbonyl (C=O) groups excluding carboxylic acids is 2. The molecule has 2 atom stereocenters. The van der Waals surface area contributed by atoms with Crippen molar-refractivity contribution < 1.29 is 14.3 Å². The van der Waals surface area contributed by atoms with E-state index in [0.717, 1.165) is 36.1 Å². The number of nitrogens with one attached hydrogen (secondary N) is 1. The number of hydrogen-bond acceptors (Lipinski definition) is 3. The Hall–Kier alpha value is -1.88. The second-order valence-corrected chi connectivity index (χ2v) is 6.80. The first-order chi connectivity index (χ1) is 11.3. The fourth-order valence-electron chi connectivity index (χ4n) is 2.94. The van der Waals surface area contributed by atoms with Crippen molar-refractivity contribution in [3.8, 4) is 0 Å². The molecule has 0 aliphatic carbocycles. The van der Waals surface area contributed by atoms with Gasteiger partial charge >= 0.3 is 0 Å². The highest BCUT2D eigenvalue weighted by atomic mass is 16.5. The zero-order valence-electron chi connectivity index (χ0n) is 15.1. The van der Waals surface area contributed by atoms with Crippen LogP contribution in [0.25, 0.3) is 0 Å². The van der Waals surface area contributed by atoms with Crippen LogP contribution in [0.15, 0.2) is 18.2 Å². The summed E-state index contributed by atoms with van der Waals surface area (Å²) in [5.74, 6) is -0.195. The summed E-state index contributed by atoms with van der Waals surface area (Å²) < 4.78 is 5.73. The molecule has 1 fully saturated rings. The summed E-state index contributed by atoms with van der Waals surface area (Å²) in [6.07, 6.45) is 3.71. The molecule has 5 heteroatoms. The maximum atomic E-state index is 12.2. The van der Waals surface area contributed by atoms with E-state index in [-0.39, 0.29) is 24.5 Å². The van der Waals surface area contributed by atoms with Crippen LogP contribution in [0, 0.1) is 13.8 Å². The molecule has 1 aromatic carbocycles. The van der Waals surface area contributed by atoms with Crippen molar-refractivity contribution in [1.82, 2.24) is 4.90 Å². The Morgan fingerprint density at radius 2 is 2.04 bits per heavy atom. The quantitative estimate of drug-likeness (QED) is 0.871. The van der Waals surface area contributed by atoms with E-state index in [4.69, 9.17) is 4.74 Å². The highest BCUT2D eigenvalue weighted by molar-refractivity contribution is 5.95. The number of anilines is 1. The predicted molar refractivity (Wildman–Crippen MR) is 95.0 cm³/mol. The number of nitrogens with zero attached hydrogens (tertiary/aromatic N) is 1. The molecule has 1 aliphatic heterocycles. The zero-order valence-corrected chi connectivity index (χ0v) is 15.1. The number of hydrogen-bond donors (Lipinski definition) is 1. The van der Waals surface area contributed by atoms with Gasteiger partial charge in [-0.3, -0.25) is 9.59 Å². The Morgan fingerprint density at radius 1 is 1.29 bits per heavy atom. The summed E-state index contributed by atoms with van der Waals surface area (Å²) in [6.45, 7) is 6.06. The summed E-state index contributed by atoms with van der Waals surface area (Å²) >= 11 is 0. The second kappa shape index (κ2) is 8.29. The maximum absolute atomic E-state index is 12.2. The molecule has 132 valence electrons. The van der Waals surface area contributed by atoms with Crippen molar-refractivity contribution in [3.63, 3.8) is 0 Å². The third kappa shape index (κ3) is 5.34. The summed E-state index contributed by atoms with van der Waals surface area (Å²) in [5, 5.41) is 2.88. The van der Waals surface area contributed by atoms with Gasteiger partial charge in [0.25, 0.3) is 0 Å². The van der Waals surface area contributed by atoms with Gasteiger partial charge in [-0.2, -0.15) is 0 Å². The van der Waals surface area contributed by atoms with E-state index in [1.54, 1.807) is 7.05 Å². The Morgan fingerprint density at radius 3 is 2.71 bits per heavy atom. The Bertz CT molecular complexity index is 600. The van der Waals surface area contributed by atoms with Crippen LogP contribution in [0.1, 0.15) is 43.7 Å². The second-order valence-electron chi connectivity index (χ2n) is 6.80. The largest absolute Gasteiger partial charge is 0.375 e. The number of benzene rings is 1. The van der Waals surface area contributed by atoms with Gasteiger partial charge in [-0.1, -0.05) is 12.1 Å². The van der Waals surface area contributed by atoms with E-state index in [1.165, 1.54) is 4.90 Å². The van der Waals surface area contributed by atoms with Crippen LogP contribution in [0.5, 0.6) is 0 Å². The number of carbonyl (C=O) groups is 2. The van der Waals surface area contributed by atoms with Crippen molar-refractivity contribution in [2.24, 2.45) is 0 Å². The summed E-state index contributed by atoms with van der Waals surface area (Å²) in [5.41, 5.74) is 2.90. The highest BCUT2D eigenvalue weighted by Crippen LogP contribution is 2.22. The number of ether oxygens (including phenoxy) is 1.